The van der Waals surface area contributed by atoms with Gasteiger partial charge in [-0.25, -0.2) is 18.2 Å². The SMILES string of the molecule is Cc1c(C)c2c(c(C)c1OCOP(=O)(O)O)CCC(C)(CCCC(C)CCCC(C)CCCC(C)C)O2.Cc1c(C)c2c(c(C)c1OCOP(=O)(OCc1ccccc1)OCc1ccccc1)CCC(C)(CCCC(C)CCCC(C)CCCC(C)C)O2. The lowest BCUT2D eigenvalue weighted by Gasteiger charge is -2.38. The Labute approximate surface area is 533 Å². The number of hydrogen-bond donors (Lipinski definition) is 2. The third-order valence-corrected chi connectivity index (χ3v) is 20.7. The lowest BCUT2D eigenvalue weighted by molar-refractivity contribution is 0.0414. The first-order valence-corrected chi connectivity index (χ1v) is 36.8. The van der Waals surface area contributed by atoms with Crippen molar-refractivity contribution < 1.29 is 56.0 Å². The van der Waals surface area contributed by atoms with E-state index in [9.17, 15) is 9.13 Å². The second kappa shape index (κ2) is 36.5. The molecule has 0 aromatic heterocycles. The lowest BCUT2D eigenvalue weighted by atomic mass is 9.83. The van der Waals surface area contributed by atoms with Gasteiger partial charge in [-0.3, -0.25) is 9.05 Å². The van der Waals surface area contributed by atoms with Crippen LogP contribution in [0, 0.1) is 77.0 Å². The van der Waals surface area contributed by atoms with Crippen LogP contribution >= 0.6 is 15.6 Å². The summed E-state index contributed by atoms with van der Waals surface area (Å²) in [6, 6.07) is 19.1. The number of fused-ring (bicyclic) bond motifs is 2. The van der Waals surface area contributed by atoms with Crippen molar-refractivity contribution in [2.75, 3.05) is 13.6 Å². The Morgan fingerprint density at radius 1 is 0.443 bits per heavy atom. The fourth-order valence-corrected chi connectivity index (χ4v) is 14.0. The summed E-state index contributed by atoms with van der Waals surface area (Å²) >= 11 is 0. The molecule has 2 N–H and O–H groups in total. The Morgan fingerprint density at radius 3 is 1.11 bits per heavy atom. The zero-order valence-corrected chi connectivity index (χ0v) is 59.3. The first-order chi connectivity index (χ1) is 41.6. The van der Waals surface area contributed by atoms with E-state index in [-0.39, 0.29) is 31.2 Å². The van der Waals surface area contributed by atoms with E-state index in [0.717, 1.165) is 141 Å². The molecule has 0 spiro atoms. The largest absolute Gasteiger partial charge is 0.487 e. The van der Waals surface area contributed by atoms with Crippen LogP contribution in [0.2, 0.25) is 0 Å². The highest BCUT2D eigenvalue weighted by Crippen LogP contribution is 2.52. The molecule has 0 amide bonds. The van der Waals surface area contributed by atoms with Gasteiger partial charge in [0, 0.05) is 11.1 Å². The summed E-state index contributed by atoms with van der Waals surface area (Å²) in [5, 5.41) is 0. The van der Waals surface area contributed by atoms with Gasteiger partial charge in [-0.1, -0.05) is 206 Å². The highest BCUT2D eigenvalue weighted by atomic mass is 31.2. The summed E-state index contributed by atoms with van der Waals surface area (Å²) in [5.41, 5.74) is 9.72. The molecule has 4 aromatic carbocycles. The van der Waals surface area contributed by atoms with Crippen LogP contribution in [0.15, 0.2) is 60.7 Å². The van der Waals surface area contributed by atoms with Gasteiger partial charge in [-0.15, -0.1) is 0 Å². The third-order valence-electron chi connectivity index (χ3n) is 19.0. The summed E-state index contributed by atoms with van der Waals surface area (Å²) < 4.78 is 72.0. The topological polar surface area (TPSA) is 148 Å². The summed E-state index contributed by atoms with van der Waals surface area (Å²) in [4.78, 5) is 17.9. The van der Waals surface area contributed by atoms with Crippen LogP contribution in [0.5, 0.6) is 23.0 Å². The zero-order chi connectivity index (χ0) is 64.7. The normalized spacial score (nSPS) is 18.1. The first-order valence-electron chi connectivity index (χ1n) is 33.8. The molecule has 14 heteroatoms. The van der Waals surface area contributed by atoms with Gasteiger partial charge in [0.15, 0.2) is 13.6 Å². The molecule has 0 saturated carbocycles. The Kier molecular flexibility index (Phi) is 31.1. The van der Waals surface area contributed by atoms with Crippen LogP contribution in [0.1, 0.15) is 253 Å². The van der Waals surface area contributed by atoms with Crippen molar-refractivity contribution in [2.45, 2.75) is 276 Å². The minimum absolute atomic E-state index is 0.0931. The molecular weight excluding hydrogens is 1140 g/mol. The standard InChI is InChI=1S/C44H65O6P.C30H53O6P/c1-33(2)18-15-19-34(3)20-16-21-35(4)22-17-28-44(8)29-27-41-38(7)42(36(5)37(6)43(41)50-44)46-32-49-51(45,47-30-39-23-11-9-12-24-39)48-31-40-25-13-10-14-26-40;1-21(2)12-9-13-22(3)14-10-15-23(4)16-11-18-30(8)19-17-27-26(7)28(34-20-35-37(31,32)33)24(5)25(6)29(27)36-30/h9-14,23-26,33-35H,15-22,27-32H2,1-8H3;21-23H,9-20H2,1-8H3,(H2,31,32,33). The van der Waals surface area contributed by atoms with E-state index in [4.69, 9.17) is 42.3 Å². The maximum atomic E-state index is 13.8. The van der Waals surface area contributed by atoms with Gasteiger partial charge in [0.2, 0.25) is 0 Å². The van der Waals surface area contributed by atoms with Crippen LogP contribution in [-0.4, -0.2) is 34.6 Å². The van der Waals surface area contributed by atoms with Crippen LogP contribution in [-0.2, 0) is 53.3 Å². The Bertz CT molecular complexity index is 2750. The van der Waals surface area contributed by atoms with E-state index in [1.165, 1.54) is 108 Å². The fourth-order valence-electron chi connectivity index (χ4n) is 12.8. The number of hydrogen-bond acceptors (Lipinski definition) is 10. The molecule has 2 heterocycles. The van der Waals surface area contributed by atoms with Crippen molar-refractivity contribution in [1.29, 1.82) is 0 Å². The molecule has 0 bridgehead atoms. The molecule has 496 valence electrons. The number of ether oxygens (including phenoxy) is 4. The predicted molar refractivity (Wildman–Crippen MR) is 361 cm³/mol. The number of phosphoric ester groups is 2. The molecule has 6 rings (SSSR count). The van der Waals surface area contributed by atoms with E-state index >= 15 is 0 Å². The molecule has 6 unspecified atom stereocenters. The van der Waals surface area contributed by atoms with Gasteiger partial charge in [-0.2, -0.15) is 0 Å². The molecule has 4 aromatic rings. The van der Waals surface area contributed by atoms with Crippen LogP contribution in [0.3, 0.4) is 0 Å². The van der Waals surface area contributed by atoms with Gasteiger partial charge in [0.1, 0.15) is 34.2 Å². The average Bonchev–Trinajstić information content (AvgIpc) is 0.819. The monoisotopic (exact) mass is 1260 g/mol. The van der Waals surface area contributed by atoms with Crippen LogP contribution < -0.4 is 18.9 Å². The van der Waals surface area contributed by atoms with E-state index in [1.807, 2.05) is 81.4 Å². The Hall–Kier alpha value is -3.70. The van der Waals surface area contributed by atoms with E-state index < -0.39 is 22.4 Å². The first kappa shape index (κ1) is 75.0. The van der Waals surface area contributed by atoms with Crippen molar-refractivity contribution >= 4 is 15.6 Å². The molecule has 0 fully saturated rings. The van der Waals surface area contributed by atoms with Gasteiger partial charge in [0.25, 0.3) is 0 Å². The molecule has 12 nitrogen and oxygen atoms in total. The minimum atomic E-state index is -4.57. The van der Waals surface area contributed by atoms with Crippen molar-refractivity contribution in [3.05, 3.63) is 116 Å². The second-order valence-electron chi connectivity index (χ2n) is 28.1. The molecule has 88 heavy (non-hydrogen) atoms. The lowest BCUT2D eigenvalue weighted by Crippen LogP contribution is -2.37. The van der Waals surface area contributed by atoms with Gasteiger partial charge >= 0.3 is 15.6 Å². The molecule has 0 aliphatic carbocycles. The summed E-state index contributed by atoms with van der Waals surface area (Å²) in [7, 11) is -8.53. The second-order valence-corrected chi connectivity index (χ2v) is 31.0. The number of phosphoric acid groups is 2. The summed E-state index contributed by atoms with van der Waals surface area (Å²) in [6.45, 7) is 35.1. The van der Waals surface area contributed by atoms with Crippen molar-refractivity contribution in [3.63, 3.8) is 0 Å². The van der Waals surface area contributed by atoms with Gasteiger partial charge in [0.05, 0.1) is 13.2 Å². The molecule has 2 aliphatic heterocycles. The van der Waals surface area contributed by atoms with E-state index in [2.05, 4.69) is 94.5 Å². The Morgan fingerprint density at radius 2 is 0.773 bits per heavy atom. The maximum Gasteiger partial charge on any atom is 0.478 e. The quantitative estimate of drug-likeness (QED) is 0.0325. The highest BCUT2D eigenvalue weighted by Gasteiger charge is 2.37. The number of rotatable bonds is 38. The zero-order valence-electron chi connectivity index (χ0n) is 57.5. The van der Waals surface area contributed by atoms with Crippen molar-refractivity contribution in [2.24, 2.45) is 35.5 Å². The third kappa shape index (κ3) is 25.4. The Balaban J connectivity index is 0.000000338. The van der Waals surface area contributed by atoms with Gasteiger partial charge < -0.3 is 28.7 Å². The number of benzene rings is 4. The van der Waals surface area contributed by atoms with Crippen molar-refractivity contribution in [1.82, 2.24) is 0 Å². The minimum Gasteiger partial charge on any atom is -0.487 e. The summed E-state index contributed by atoms with van der Waals surface area (Å²) in [5.74, 6) is 8.15. The molecular formula is C74H118O12P2. The van der Waals surface area contributed by atoms with Crippen LogP contribution in [0.25, 0.3) is 0 Å². The van der Waals surface area contributed by atoms with Crippen LogP contribution in [0.4, 0.5) is 0 Å². The molecule has 0 radical (unpaired) electrons. The highest BCUT2D eigenvalue weighted by molar-refractivity contribution is 7.48. The van der Waals surface area contributed by atoms with Gasteiger partial charge in [-0.05, 0) is 187 Å². The smallest absolute Gasteiger partial charge is 0.478 e. The average molecular weight is 1260 g/mol. The molecule has 0 saturated heterocycles. The van der Waals surface area contributed by atoms with E-state index in [0.29, 0.717) is 5.75 Å². The predicted octanol–water partition coefficient (Wildman–Crippen LogP) is 21.6. The fraction of sp³-hybridized carbons (Fsp3) is 0.676. The molecule has 2 aliphatic rings. The van der Waals surface area contributed by atoms with Crippen molar-refractivity contribution in [3.8, 4) is 23.0 Å². The van der Waals surface area contributed by atoms with E-state index in [1.54, 1.807) is 0 Å². The maximum absolute atomic E-state index is 13.8. The summed E-state index contributed by atoms with van der Waals surface area (Å²) in [6.07, 6.45) is 27.0. The molecule has 6 atom stereocenters.